The van der Waals surface area contributed by atoms with Crippen LogP contribution in [0.3, 0.4) is 0 Å². The molecule has 0 radical (unpaired) electrons. The molecule has 1 aliphatic carbocycles. The Morgan fingerprint density at radius 1 is 1.25 bits per heavy atom. The third-order valence-electron chi connectivity index (χ3n) is 4.84. The summed E-state index contributed by atoms with van der Waals surface area (Å²) in [4.78, 5) is 12.2. The summed E-state index contributed by atoms with van der Waals surface area (Å²) in [6.45, 7) is 5.23. The smallest absolute Gasteiger partial charge is 0.223 e. The molecular weight excluding hydrogens is 270 g/mol. The van der Waals surface area contributed by atoms with Gasteiger partial charge >= 0.3 is 0 Å². The number of amides is 1. The average Bonchev–Trinajstić information content (AvgIpc) is 2.49. The number of hydrogen-bond acceptors (Lipinski definition) is 1. The highest BCUT2D eigenvalue weighted by molar-refractivity contribution is 6.17. The van der Waals surface area contributed by atoms with Gasteiger partial charge in [-0.25, -0.2) is 0 Å². The lowest BCUT2D eigenvalue weighted by atomic mass is 9.79. The molecule has 0 bridgehead atoms. The van der Waals surface area contributed by atoms with E-state index < -0.39 is 0 Å². The maximum atomic E-state index is 12.2. The monoisotopic (exact) mass is 301 g/mol. The Hall–Kier alpha value is -0.240. The molecule has 0 aromatic rings. The highest BCUT2D eigenvalue weighted by atomic mass is 35.5. The molecule has 0 aromatic carbocycles. The second-order valence-corrected chi connectivity index (χ2v) is 6.73. The molecular formula is C17H32ClNO. The van der Waals surface area contributed by atoms with Gasteiger partial charge in [0.2, 0.25) is 5.91 Å². The number of carbonyl (C=O) groups is 1. The number of hydrogen-bond donors (Lipinski definition) is 1. The minimum atomic E-state index is 0.265. The highest BCUT2D eigenvalue weighted by Gasteiger charge is 2.26. The van der Waals surface area contributed by atoms with Crippen molar-refractivity contribution in [3.63, 3.8) is 0 Å². The Balaban J connectivity index is 2.21. The largest absolute Gasteiger partial charge is 0.356 e. The van der Waals surface area contributed by atoms with Crippen molar-refractivity contribution in [2.45, 2.75) is 71.6 Å². The summed E-state index contributed by atoms with van der Waals surface area (Å²) >= 11 is 5.78. The molecule has 0 spiro atoms. The van der Waals surface area contributed by atoms with Gasteiger partial charge in [0.1, 0.15) is 0 Å². The van der Waals surface area contributed by atoms with Gasteiger partial charge in [-0.05, 0) is 43.9 Å². The molecule has 1 fully saturated rings. The van der Waals surface area contributed by atoms with E-state index in [9.17, 15) is 4.79 Å². The van der Waals surface area contributed by atoms with E-state index in [4.69, 9.17) is 11.6 Å². The Bertz CT molecular complexity index is 262. The van der Waals surface area contributed by atoms with Gasteiger partial charge in [-0.15, -0.1) is 11.6 Å². The lowest BCUT2D eigenvalue weighted by molar-refractivity contribution is -0.126. The van der Waals surface area contributed by atoms with Crippen LogP contribution in [0.1, 0.15) is 71.6 Å². The SMILES string of the molecule is CCCCC1CCC(C(=O)NCC(CC)CCCl)CC1. The molecule has 1 N–H and O–H groups in total. The van der Waals surface area contributed by atoms with Crippen LogP contribution in [0.4, 0.5) is 0 Å². The summed E-state index contributed by atoms with van der Waals surface area (Å²) in [5, 5.41) is 3.15. The van der Waals surface area contributed by atoms with E-state index >= 15 is 0 Å². The first-order valence-corrected chi connectivity index (χ1v) is 9.08. The van der Waals surface area contributed by atoms with Crippen molar-refractivity contribution in [3.05, 3.63) is 0 Å². The van der Waals surface area contributed by atoms with E-state index in [1.807, 2.05) is 0 Å². The third kappa shape index (κ3) is 6.47. The molecule has 20 heavy (non-hydrogen) atoms. The molecule has 2 nitrogen and oxygen atoms in total. The predicted octanol–water partition coefficient (Wildman–Crippen LogP) is 4.75. The Labute approximate surface area is 130 Å². The van der Waals surface area contributed by atoms with Crippen molar-refractivity contribution in [3.8, 4) is 0 Å². The summed E-state index contributed by atoms with van der Waals surface area (Å²) in [6, 6.07) is 0. The Morgan fingerprint density at radius 2 is 1.95 bits per heavy atom. The Morgan fingerprint density at radius 3 is 2.50 bits per heavy atom. The van der Waals surface area contributed by atoms with Crippen molar-refractivity contribution in [2.75, 3.05) is 12.4 Å². The standard InChI is InChI=1S/C17H32ClNO/c1-3-5-6-15-7-9-16(10-8-15)17(20)19-13-14(4-2)11-12-18/h14-16H,3-13H2,1-2H3,(H,19,20). The molecule has 1 atom stereocenters. The van der Waals surface area contributed by atoms with E-state index in [1.165, 1.54) is 32.1 Å². The molecule has 1 amide bonds. The lowest BCUT2D eigenvalue weighted by Gasteiger charge is -2.28. The third-order valence-corrected chi connectivity index (χ3v) is 5.06. The Kier molecular flexibility index (Phi) is 9.33. The van der Waals surface area contributed by atoms with Crippen LogP contribution in [-0.2, 0) is 4.79 Å². The normalized spacial score (nSPS) is 24.4. The number of carbonyl (C=O) groups excluding carboxylic acids is 1. The van der Waals surface area contributed by atoms with E-state index in [1.54, 1.807) is 0 Å². The average molecular weight is 302 g/mol. The molecule has 0 heterocycles. The van der Waals surface area contributed by atoms with Crippen LogP contribution in [-0.4, -0.2) is 18.3 Å². The highest BCUT2D eigenvalue weighted by Crippen LogP contribution is 2.32. The number of rotatable bonds is 9. The molecule has 0 saturated heterocycles. The van der Waals surface area contributed by atoms with Crippen LogP contribution >= 0.6 is 11.6 Å². The van der Waals surface area contributed by atoms with Gasteiger partial charge in [0.25, 0.3) is 0 Å². The quantitative estimate of drug-likeness (QED) is 0.612. The zero-order valence-electron chi connectivity index (χ0n) is 13.3. The van der Waals surface area contributed by atoms with Gasteiger partial charge in [0, 0.05) is 18.3 Å². The first kappa shape index (κ1) is 17.8. The van der Waals surface area contributed by atoms with Crippen molar-refractivity contribution in [2.24, 2.45) is 17.8 Å². The van der Waals surface area contributed by atoms with E-state index in [-0.39, 0.29) is 11.8 Å². The summed E-state index contributed by atoms with van der Waals surface area (Å²) in [6.07, 6.45) is 10.8. The number of unbranched alkanes of at least 4 members (excludes halogenated alkanes) is 1. The lowest BCUT2D eigenvalue weighted by Crippen LogP contribution is -2.36. The molecule has 3 heteroatoms. The van der Waals surface area contributed by atoms with Crippen LogP contribution in [0.15, 0.2) is 0 Å². The number of nitrogens with one attached hydrogen (secondary N) is 1. The fourth-order valence-electron chi connectivity index (χ4n) is 3.20. The van der Waals surface area contributed by atoms with Crippen molar-refractivity contribution in [1.82, 2.24) is 5.32 Å². The van der Waals surface area contributed by atoms with Crippen LogP contribution in [0.2, 0.25) is 0 Å². The number of alkyl halides is 1. The maximum absolute atomic E-state index is 12.2. The minimum absolute atomic E-state index is 0.265. The molecule has 0 aromatic heterocycles. The van der Waals surface area contributed by atoms with Gasteiger partial charge in [0.15, 0.2) is 0 Å². The van der Waals surface area contributed by atoms with Crippen LogP contribution in [0.25, 0.3) is 0 Å². The molecule has 1 saturated carbocycles. The zero-order valence-corrected chi connectivity index (χ0v) is 14.1. The second kappa shape index (κ2) is 10.5. The molecule has 118 valence electrons. The second-order valence-electron chi connectivity index (χ2n) is 6.36. The minimum Gasteiger partial charge on any atom is -0.356 e. The van der Waals surface area contributed by atoms with E-state index in [2.05, 4.69) is 19.2 Å². The first-order chi connectivity index (χ1) is 9.71. The molecule has 0 aliphatic heterocycles. The predicted molar refractivity (Wildman–Crippen MR) is 87.1 cm³/mol. The van der Waals surface area contributed by atoms with E-state index in [0.717, 1.165) is 38.1 Å². The van der Waals surface area contributed by atoms with Crippen LogP contribution in [0.5, 0.6) is 0 Å². The zero-order chi connectivity index (χ0) is 14.8. The van der Waals surface area contributed by atoms with Gasteiger partial charge in [-0.3, -0.25) is 4.79 Å². The molecule has 1 unspecified atom stereocenters. The van der Waals surface area contributed by atoms with Gasteiger partial charge < -0.3 is 5.32 Å². The molecule has 1 rings (SSSR count). The fourth-order valence-corrected chi connectivity index (χ4v) is 3.51. The number of halogens is 1. The first-order valence-electron chi connectivity index (χ1n) is 8.54. The summed E-state index contributed by atoms with van der Waals surface area (Å²) < 4.78 is 0. The van der Waals surface area contributed by atoms with Crippen LogP contribution < -0.4 is 5.32 Å². The topological polar surface area (TPSA) is 29.1 Å². The summed E-state index contributed by atoms with van der Waals surface area (Å²) in [5.74, 6) is 2.65. The van der Waals surface area contributed by atoms with Crippen molar-refractivity contribution < 1.29 is 4.79 Å². The summed E-state index contributed by atoms with van der Waals surface area (Å²) in [5.41, 5.74) is 0. The maximum Gasteiger partial charge on any atom is 0.223 e. The van der Waals surface area contributed by atoms with E-state index in [0.29, 0.717) is 11.8 Å². The van der Waals surface area contributed by atoms with Gasteiger partial charge in [0.05, 0.1) is 0 Å². The van der Waals surface area contributed by atoms with Crippen molar-refractivity contribution in [1.29, 1.82) is 0 Å². The fraction of sp³-hybridized carbons (Fsp3) is 0.941. The molecule has 1 aliphatic rings. The van der Waals surface area contributed by atoms with Crippen LogP contribution in [0, 0.1) is 17.8 Å². The van der Waals surface area contributed by atoms with Gasteiger partial charge in [-0.2, -0.15) is 0 Å². The van der Waals surface area contributed by atoms with Crippen molar-refractivity contribution >= 4 is 17.5 Å². The summed E-state index contributed by atoms with van der Waals surface area (Å²) in [7, 11) is 0. The van der Waals surface area contributed by atoms with Gasteiger partial charge in [-0.1, -0.05) is 39.5 Å².